The van der Waals surface area contributed by atoms with Crippen molar-refractivity contribution >= 4 is 33.3 Å². The van der Waals surface area contributed by atoms with Gasteiger partial charge in [-0.2, -0.15) is 0 Å². The summed E-state index contributed by atoms with van der Waals surface area (Å²) in [6.07, 6.45) is 4.31. The molecule has 29 heavy (non-hydrogen) atoms. The molecule has 1 aromatic heterocycles. The van der Waals surface area contributed by atoms with E-state index in [0.717, 1.165) is 16.6 Å². The number of Topliss-reactive ketones (excluding diaryl/α,β-unsaturated/α-hetero) is 1. The number of aromatic nitrogens is 1. The third kappa shape index (κ3) is 3.43. The van der Waals surface area contributed by atoms with E-state index in [-0.39, 0.29) is 12.2 Å². The van der Waals surface area contributed by atoms with E-state index in [1.54, 1.807) is 29.2 Å². The predicted molar refractivity (Wildman–Crippen MR) is 115 cm³/mol. The average Bonchev–Trinajstić information content (AvgIpc) is 3.32. The van der Waals surface area contributed by atoms with Gasteiger partial charge in [0.15, 0.2) is 11.4 Å². The summed E-state index contributed by atoms with van der Waals surface area (Å²) in [6.45, 7) is 2.47. The molecule has 1 atom stereocenters. The second-order valence-electron chi connectivity index (χ2n) is 7.22. The smallest absolute Gasteiger partial charge is 0.264 e. The normalized spacial score (nSPS) is 18.2. The molecule has 1 aliphatic rings. The zero-order chi connectivity index (χ0) is 20.6. The predicted octanol–water partition coefficient (Wildman–Crippen LogP) is 4.46. The Morgan fingerprint density at radius 1 is 1.10 bits per heavy atom. The third-order valence-corrected chi connectivity index (χ3v) is 5.74. The Morgan fingerprint density at radius 3 is 2.45 bits per heavy atom. The first kappa shape index (κ1) is 19.6. The minimum atomic E-state index is -1.86. The van der Waals surface area contributed by atoms with Gasteiger partial charge in [-0.25, -0.2) is 0 Å². The van der Waals surface area contributed by atoms with E-state index < -0.39 is 11.5 Å². The van der Waals surface area contributed by atoms with Crippen molar-refractivity contribution in [2.75, 3.05) is 11.4 Å². The van der Waals surface area contributed by atoms with Gasteiger partial charge in [0.05, 0.1) is 12.1 Å². The molecule has 2 heterocycles. The van der Waals surface area contributed by atoms with Crippen molar-refractivity contribution in [1.29, 1.82) is 0 Å². The van der Waals surface area contributed by atoms with E-state index in [1.807, 2.05) is 54.2 Å². The molecule has 0 aliphatic carbocycles. The number of carbonyl (C=O) groups is 2. The Labute approximate surface area is 177 Å². The van der Waals surface area contributed by atoms with Crippen LogP contribution < -0.4 is 4.90 Å². The van der Waals surface area contributed by atoms with E-state index >= 15 is 0 Å². The second-order valence-corrected chi connectivity index (χ2v) is 8.13. The Morgan fingerprint density at radius 2 is 1.79 bits per heavy atom. The minimum Gasteiger partial charge on any atom is -0.375 e. The molecule has 4 rings (SSSR count). The lowest BCUT2D eigenvalue weighted by molar-refractivity contribution is -0.135. The van der Waals surface area contributed by atoms with E-state index in [1.165, 1.54) is 0 Å². The summed E-state index contributed by atoms with van der Waals surface area (Å²) < 4.78 is 2.70. The molecule has 1 unspecified atom stereocenters. The number of anilines is 1. The maximum Gasteiger partial charge on any atom is 0.264 e. The van der Waals surface area contributed by atoms with Gasteiger partial charge in [-0.1, -0.05) is 22.9 Å². The number of hydrogen-bond acceptors (Lipinski definition) is 3. The van der Waals surface area contributed by atoms with Crippen LogP contribution in [-0.2, 0) is 10.4 Å². The van der Waals surface area contributed by atoms with Crippen LogP contribution in [0.5, 0.6) is 0 Å². The van der Waals surface area contributed by atoms with Gasteiger partial charge in [-0.15, -0.1) is 0 Å². The number of aliphatic hydroxyl groups is 1. The highest BCUT2D eigenvalue weighted by Gasteiger charge is 2.50. The van der Waals surface area contributed by atoms with Crippen LogP contribution >= 0.6 is 15.9 Å². The number of hydrogen-bond donors (Lipinski definition) is 1. The lowest BCUT2D eigenvalue weighted by atomic mass is 9.88. The van der Waals surface area contributed by atoms with Crippen molar-refractivity contribution in [2.45, 2.75) is 25.4 Å². The maximum absolute atomic E-state index is 13.1. The van der Waals surface area contributed by atoms with Crippen LogP contribution in [0, 0.1) is 0 Å². The van der Waals surface area contributed by atoms with Gasteiger partial charge in [-0.3, -0.25) is 9.59 Å². The summed E-state index contributed by atoms with van der Waals surface area (Å²) in [5.74, 6) is -0.714. The number of benzene rings is 2. The Hall–Kier alpha value is -2.70. The van der Waals surface area contributed by atoms with Gasteiger partial charge in [0.25, 0.3) is 5.91 Å². The van der Waals surface area contributed by atoms with Crippen LogP contribution in [0.4, 0.5) is 5.69 Å². The molecule has 0 bridgehead atoms. The fraction of sp³-hybridized carbons (Fsp3) is 0.217. The monoisotopic (exact) mass is 452 g/mol. The number of halogens is 1. The number of nitrogens with zero attached hydrogens (tertiary/aromatic N) is 2. The third-order valence-electron chi connectivity index (χ3n) is 5.25. The van der Waals surface area contributed by atoms with Crippen molar-refractivity contribution in [3.63, 3.8) is 0 Å². The summed E-state index contributed by atoms with van der Waals surface area (Å²) >= 11 is 3.41. The number of rotatable bonds is 6. The molecule has 1 N–H and O–H groups in total. The van der Waals surface area contributed by atoms with Crippen LogP contribution in [0.2, 0.25) is 0 Å². The fourth-order valence-corrected chi connectivity index (χ4v) is 4.16. The highest BCUT2D eigenvalue weighted by Crippen LogP contribution is 2.44. The highest BCUT2D eigenvalue weighted by molar-refractivity contribution is 9.10. The first-order chi connectivity index (χ1) is 13.9. The van der Waals surface area contributed by atoms with Crippen molar-refractivity contribution in [2.24, 2.45) is 0 Å². The second kappa shape index (κ2) is 7.61. The van der Waals surface area contributed by atoms with Gasteiger partial charge in [0.2, 0.25) is 0 Å². The summed E-state index contributed by atoms with van der Waals surface area (Å²) in [6, 6.07) is 16.4. The van der Waals surface area contributed by atoms with E-state index in [2.05, 4.69) is 15.9 Å². The number of carbonyl (C=O) groups excluding carboxylic acids is 2. The minimum absolute atomic E-state index is 0.274. The summed E-state index contributed by atoms with van der Waals surface area (Å²) in [5, 5.41) is 11.3. The molecule has 1 aliphatic heterocycles. The van der Waals surface area contributed by atoms with Gasteiger partial charge in [0.1, 0.15) is 0 Å². The van der Waals surface area contributed by atoms with Gasteiger partial charge in [-0.05, 0) is 61.0 Å². The molecule has 1 amide bonds. The number of ketones is 1. The van der Waals surface area contributed by atoms with Crippen molar-refractivity contribution in [3.05, 3.63) is 82.6 Å². The number of fused-ring (bicyclic) bond motifs is 1. The molecule has 0 saturated heterocycles. The molecule has 0 fully saturated rings. The Balaban J connectivity index is 1.63. The van der Waals surface area contributed by atoms with Crippen molar-refractivity contribution in [3.8, 4) is 5.69 Å². The van der Waals surface area contributed by atoms with Crippen LogP contribution in [-0.4, -0.2) is 27.9 Å². The zero-order valence-corrected chi connectivity index (χ0v) is 17.6. The lowest BCUT2D eigenvalue weighted by Crippen LogP contribution is -2.42. The molecule has 0 spiro atoms. The topological polar surface area (TPSA) is 62.5 Å². The van der Waals surface area contributed by atoms with E-state index in [4.69, 9.17) is 0 Å². The van der Waals surface area contributed by atoms with Crippen LogP contribution in [0.1, 0.15) is 35.7 Å². The fourth-order valence-electron chi connectivity index (χ4n) is 3.80. The molecular formula is C23H21BrN2O3. The largest absolute Gasteiger partial charge is 0.375 e. The van der Waals surface area contributed by atoms with Crippen LogP contribution in [0.25, 0.3) is 5.69 Å². The zero-order valence-electron chi connectivity index (χ0n) is 16.0. The summed E-state index contributed by atoms with van der Waals surface area (Å²) in [4.78, 5) is 27.6. The quantitative estimate of drug-likeness (QED) is 0.561. The highest BCUT2D eigenvalue weighted by atomic mass is 79.9. The van der Waals surface area contributed by atoms with Crippen molar-refractivity contribution < 1.29 is 14.7 Å². The van der Waals surface area contributed by atoms with Gasteiger partial charge in [0, 0.05) is 40.2 Å². The van der Waals surface area contributed by atoms with Gasteiger partial charge >= 0.3 is 0 Å². The van der Waals surface area contributed by atoms with E-state index in [0.29, 0.717) is 23.4 Å². The first-order valence-electron chi connectivity index (χ1n) is 9.55. The molecule has 148 valence electrons. The summed E-state index contributed by atoms with van der Waals surface area (Å²) in [5.41, 5.74) is 0.684. The van der Waals surface area contributed by atoms with Crippen LogP contribution in [0.3, 0.4) is 0 Å². The average molecular weight is 453 g/mol. The molecule has 3 aromatic rings. The van der Waals surface area contributed by atoms with E-state index in [9.17, 15) is 14.7 Å². The van der Waals surface area contributed by atoms with Crippen molar-refractivity contribution in [1.82, 2.24) is 4.57 Å². The molecule has 2 aromatic carbocycles. The summed E-state index contributed by atoms with van der Waals surface area (Å²) in [7, 11) is 0. The Bertz CT molecular complexity index is 1060. The van der Waals surface area contributed by atoms with Crippen LogP contribution in [0.15, 0.2) is 71.5 Å². The molecular weight excluding hydrogens is 432 g/mol. The standard InChI is InChI=1S/C23H21BrN2O3/c1-2-11-26-20-10-7-17(24)14-19(20)23(29,22(26)28)15-21(27)16-5-8-18(9-6-16)25-12-3-4-13-25/h3-10,12-14,29H,2,11,15H2,1H3. The first-order valence-corrected chi connectivity index (χ1v) is 10.3. The molecule has 0 saturated carbocycles. The molecule has 6 heteroatoms. The van der Waals surface area contributed by atoms with Gasteiger partial charge < -0.3 is 14.6 Å². The lowest BCUT2D eigenvalue weighted by Gasteiger charge is -2.22. The molecule has 0 radical (unpaired) electrons. The SMILES string of the molecule is CCCN1C(=O)C(O)(CC(=O)c2ccc(-n3cccc3)cc2)c2cc(Br)ccc21. The number of amides is 1. The molecule has 5 nitrogen and oxygen atoms in total. The maximum atomic E-state index is 13.1. The Kier molecular flexibility index (Phi) is 5.15.